The lowest BCUT2D eigenvalue weighted by molar-refractivity contribution is -0.117. The lowest BCUT2D eigenvalue weighted by atomic mass is 10.1. The summed E-state index contributed by atoms with van der Waals surface area (Å²) in [7, 11) is 1.55. The fraction of sp³-hybridized carbons (Fsp3) is 0.375. The Hall–Kier alpha value is -2.32. The highest BCUT2D eigenvalue weighted by Gasteiger charge is 2.09. The predicted molar refractivity (Wildman–Crippen MR) is 80.7 cm³/mol. The van der Waals surface area contributed by atoms with Gasteiger partial charge in [0.05, 0.1) is 7.11 Å². The number of carbonyl (C=O) groups excluding carboxylic acids is 1. The molecule has 5 heteroatoms. The number of benzene rings is 1. The third-order valence-electron chi connectivity index (χ3n) is 2.76. The van der Waals surface area contributed by atoms with Crippen molar-refractivity contribution >= 4 is 12.0 Å². The second kappa shape index (κ2) is 9.56. The van der Waals surface area contributed by atoms with Crippen molar-refractivity contribution in [2.24, 2.45) is 0 Å². The third kappa shape index (κ3) is 5.67. The Morgan fingerprint density at radius 3 is 2.86 bits per heavy atom. The van der Waals surface area contributed by atoms with Crippen LogP contribution in [0.3, 0.4) is 0 Å². The van der Waals surface area contributed by atoms with Crippen molar-refractivity contribution in [3.05, 3.63) is 35.4 Å². The van der Waals surface area contributed by atoms with Crippen molar-refractivity contribution in [3.8, 4) is 11.8 Å². The van der Waals surface area contributed by atoms with Crippen LogP contribution >= 0.6 is 0 Å². The first-order chi connectivity index (χ1) is 10.2. The summed E-state index contributed by atoms with van der Waals surface area (Å²) < 4.78 is 10.4. The number of hydrogen-bond acceptors (Lipinski definition) is 4. The Balaban J connectivity index is 2.67. The van der Waals surface area contributed by atoms with E-state index in [2.05, 4.69) is 5.32 Å². The van der Waals surface area contributed by atoms with Gasteiger partial charge in [-0.3, -0.25) is 4.79 Å². The Bertz CT molecular complexity index is 533. The average molecular weight is 288 g/mol. The zero-order valence-corrected chi connectivity index (χ0v) is 12.4. The Morgan fingerprint density at radius 2 is 2.19 bits per heavy atom. The molecule has 21 heavy (non-hydrogen) atoms. The highest BCUT2D eigenvalue weighted by atomic mass is 16.5. The minimum atomic E-state index is -0.389. The quantitative estimate of drug-likeness (QED) is 0.452. The first-order valence-corrected chi connectivity index (χ1v) is 6.83. The van der Waals surface area contributed by atoms with Crippen LogP contribution in [0.4, 0.5) is 0 Å². The second-order valence-electron chi connectivity index (χ2n) is 4.22. The molecule has 0 aromatic heterocycles. The van der Waals surface area contributed by atoms with Gasteiger partial charge < -0.3 is 14.8 Å². The number of amides is 1. The number of hydrogen-bond donors (Lipinski definition) is 1. The molecule has 1 amide bonds. The normalized spacial score (nSPS) is 10.8. The van der Waals surface area contributed by atoms with Crippen molar-refractivity contribution < 1.29 is 14.3 Å². The minimum Gasteiger partial charge on any atom is -0.496 e. The fourth-order valence-corrected chi connectivity index (χ4v) is 1.71. The van der Waals surface area contributed by atoms with Gasteiger partial charge in [-0.1, -0.05) is 18.2 Å². The third-order valence-corrected chi connectivity index (χ3v) is 2.76. The van der Waals surface area contributed by atoms with E-state index in [1.165, 1.54) is 6.08 Å². The van der Waals surface area contributed by atoms with Gasteiger partial charge in [-0.25, -0.2) is 0 Å². The SMILES string of the molecule is CCOCCCNC(=O)/C(C#N)=C/c1ccccc1OC. The molecule has 0 aliphatic carbocycles. The highest BCUT2D eigenvalue weighted by Crippen LogP contribution is 2.20. The van der Waals surface area contributed by atoms with Crippen LogP contribution in [-0.2, 0) is 9.53 Å². The lowest BCUT2D eigenvalue weighted by Gasteiger charge is -2.06. The zero-order valence-electron chi connectivity index (χ0n) is 12.4. The van der Waals surface area contributed by atoms with Crippen LogP contribution in [-0.4, -0.2) is 32.8 Å². The molecule has 1 aromatic rings. The molecule has 0 spiro atoms. The van der Waals surface area contributed by atoms with Gasteiger partial charge in [0.15, 0.2) is 0 Å². The highest BCUT2D eigenvalue weighted by molar-refractivity contribution is 6.01. The van der Waals surface area contributed by atoms with E-state index in [-0.39, 0.29) is 11.5 Å². The monoisotopic (exact) mass is 288 g/mol. The van der Waals surface area contributed by atoms with Gasteiger partial charge >= 0.3 is 0 Å². The van der Waals surface area contributed by atoms with Gasteiger partial charge in [0.1, 0.15) is 17.4 Å². The predicted octanol–water partition coefficient (Wildman–Crippen LogP) is 2.14. The Labute approximate surface area is 125 Å². The fourth-order valence-electron chi connectivity index (χ4n) is 1.71. The van der Waals surface area contributed by atoms with E-state index in [0.29, 0.717) is 37.5 Å². The first-order valence-electron chi connectivity index (χ1n) is 6.83. The van der Waals surface area contributed by atoms with Crippen LogP contribution in [0, 0.1) is 11.3 Å². The summed E-state index contributed by atoms with van der Waals surface area (Å²) in [4.78, 5) is 11.9. The van der Waals surface area contributed by atoms with Crippen molar-refractivity contribution in [2.75, 3.05) is 26.9 Å². The topological polar surface area (TPSA) is 71.3 Å². The van der Waals surface area contributed by atoms with Crippen molar-refractivity contribution in [1.29, 1.82) is 5.26 Å². The number of carbonyl (C=O) groups is 1. The van der Waals surface area contributed by atoms with E-state index >= 15 is 0 Å². The minimum absolute atomic E-state index is 0.0518. The maximum absolute atomic E-state index is 11.9. The van der Waals surface area contributed by atoms with Gasteiger partial charge in [-0.2, -0.15) is 5.26 Å². The summed E-state index contributed by atoms with van der Waals surface area (Å²) >= 11 is 0. The van der Waals surface area contributed by atoms with Crippen LogP contribution < -0.4 is 10.1 Å². The molecule has 1 aromatic carbocycles. The molecule has 0 saturated heterocycles. The summed E-state index contributed by atoms with van der Waals surface area (Å²) in [6.45, 7) is 3.64. The van der Waals surface area contributed by atoms with Crippen LogP contribution in [0.1, 0.15) is 18.9 Å². The number of nitrogens with one attached hydrogen (secondary N) is 1. The maximum Gasteiger partial charge on any atom is 0.261 e. The number of nitrogens with zero attached hydrogens (tertiary/aromatic N) is 1. The molecule has 1 N–H and O–H groups in total. The number of nitriles is 1. The number of rotatable bonds is 8. The molecule has 0 aliphatic rings. The molecule has 0 atom stereocenters. The van der Waals surface area contributed by atoms with Gasteiger partial charge in [-0.05, 0) is 25.5 Å². The van der Waals surface area contributed by atoms with Gasteiger partial charge in [0.25, 0.3) is 5.91 Å². The standard InChI is InChI=1S/C16H20N2O3/c1-3-21-10-6-9-18-16(19)14(12-17)11-13-7-4-5-8-15(13)20-2/h4-5,7-8,11H,3,6,9-10H2,1-2H3,(H,18,19)/b14-11+. The van der Waals surface area contributed by atoms with E-state index < -0.39 is 0 Å². The van der Waals surface area contributed by atoms with E-state index in [1.807, 2.05) is 25.1 Å². The molecule has 0 bridgehead atoms. The van der Waals surface area contributed by atoms with Crippen molar-refractivity contribution in [1.82, 2.24) is 5.32 Å². The van der Waals surface area contributed by atoms with E-state index in [1.54, 1.807) is 19.2 Å². The molecule has 112 valence electrons. The Morgan fingerprint density at radius 1 is 1.43 bits per heavy atom. The molecular formula is C16H20N2O3. The molecule has 1 rings (SSSR count). The number of methoxy groups -OCH3 is 1. The largest absolute Gasteiger partial charge is 0.496 e. The first kappa shape index (κ1) is 16.7. The summed E-state index contributed by atoms with van der Waals surface area (Å²) in [6.07, 6.45) is 2.24. The van der Waals surface area contributed by atoms with E-state index in [9.17, 15) is 4.79 Å². The van der Waals surface area contributed by atoms with E-state index in [0.717, 1.165) is 0 Å². The molecule has 5 nitrogen and oxygen atoms in total. The molecule has 0 aliphatic heterocycles. The summed E-state index contributed by atoms with van der Waals surface area (Å²) in [5, 5.41) is 11.8. The Kier molecular flexibility index (Phi) is 7.62. The smallest absolute Gasteiger partial charge is 0.261 e. The van der Waals surface area contributed by atoms with E-state index in [4.69, 9.17) is 14.7 Å². The summed E-state index contributed by atoms with van der Waals surface area (Å²) in [6, 6.07) is 9.14. The van der Waals surface area contributed by atoms with Crippen molar-refractivity contribution in [2.45, 2.75) is 13.3 Å². The van der Waals surface area contributed by atoms with Crippen LogP contribution in [0.15, 0.2) is 29.8 Å². The van der Waals surface area contributed by atoms with Gasteiger partial charge in [0, 0.05) is 25.3 Å². The molecule has 0 heterocycles. The second-order valence-corrected chi connectivity index (χ2v) is 4.22. The van der Waals surface area contributed by atoms with Gasteiger partial charge in [-0.15, -0.1) is 0 Å². The average Bonchev–Trinajstić information content (AvgIpc) is 2.52. The number of para-hydroxylation sites is 1. The van der Waals surface area contributed by atoms with Gasteiger partial charge in [0.2, 0.25) is 0 Å². The molecule has 0 unspecified atom stereocenters. The molecule has 0 radical (unpaired) electrons. The van der Waals surface area contributed by atoms with Crippen LogP contribution in [0.5, 0.6) is 5.75 Å². The van der Waals surface area contributed by atoms with Crippen LogP contribution in [0.25, 0.3) is 6.08 Å². The number of ether oxygens (including phenoxy) is 2. The molecule has 0 saturated carbocycles. The molecular weight excluding hydrogens is 268 g/mol. The zero-order chi connectivity index (χ0) is 15.5. The summed E-state index contributed by atoms with van der Waals surface area (Å²) in [5.74, 6) is 0.231. The van der Waals surface area contributed by atoms with Crippen molar-refractivity contribution in [3.63, 3.8) is 0 Å². The van der Waals surface area contributed by atoms with Crippen LogP contribution in [0.2, 0.25) is 0 Å². The lowest BCUT2D eigenvalue weighted by Crippen LogP contribution is -2.26. The molecule has 0 fully saturated rings. The summed E-state index contributed by atoms with van der Waals surface area (Å²) in [5.41, 5.74) is 0.747. The maximum atomic E-state index is 11.9.